The van der Waals surface area contributed by atoms with Crippen LogP contribution >= 0.6 is 11.6 Å². The van der Waals surface area contributed by atoms with Gasteiger partial charge in [0.05, 0.1) is 28.5 Å². The van der Waals surface area contributed by atoms with Crippen LogP contribution in [0.15, 0.2) is 48.5 Å². The number of aromatic nitrogens is 5. The number of nitrogens with one attached hydrogen (secondary N) is 2. The molecule has 0 bridgehead atoms. The molecule has 0 saturated heterocycles. The van der Waals surface area contributed by atoms with Crippen molar-refractivity contribution in [2.75, 3.05) is 0 Å². The zero-order valence-electron chi connectivity index (χ0n) is 14.8. The van der Waals surface area contributed by atoms with E-state index in [4.69, 9.17) is 11.6 Å². The van der Waals surface area contributed by atoms with Crippen LogP contribution in [0.25, 0.3) is 16.7 Å². The van der Waals surface area contributed by atoms with Gasteiger partial charge in [0.1, 0.15) is 5.82 Å². The zero-order valence-corrected chi connectivity index (χ0v) is 15.5. The molecule has 0 saturated carbocycles. The molecule has 2 N–H and O–H groups in total. The van der Waals surface area contributed by atoms with E-state index in [1.165, 1.54) is 4.80 Å². The highest BCUT2D eigenvalue weighted by molar-refractivity contribution is 6.30. The molecule has 8 heteroatoms. The van der Waals surface area contributed by atoms with Crippen LogP contribution in [0.4, 0.5) is 0 Å². The van der Waals surface area contributed by atoms with Crippen molar-refractivity contribution in [3.63, 3.8) is 0 Å². The maximum atomic E-state index is 12.7. The summed E-state index contributed by atoms with van der Waals surface area (Å²) in [5, 5.41) is 12.1. The zero-order chi connectivity index (χ0) is 19.0. The van der Waals surface area contributed by atoms with Gasteiger partial charge < -0.3 is 10.3 Å². The van der Waals surface area contributed by atoms with Gasteiger partial charge in [-0.3, -0.25) is 4.79 Å². The van der Waals surface area contributed by atoms with Crippen molar-refractivity contribution in [2.45, 2.75) is 19.9 Å². The van der Waals surface area contributed by atoms with Crippen LogP contribution in [-0.4, -0.2) is 30.9 Å². The summed E-state index contributed by atoms with van der Waals surface area (Å²) in [6, 6.07) is 14.6. The maximum absolute atomic E-state index is 12.7. The summed E-state index contributed by atoms with van der Waals surface area (Å²) in [6.07, 6.45) is 0. The molecule has 2 aromatic heterocycles. The molecule has 0 spiro atoms. The Bertz CT molecular complexity index is 1100. The van der Waals surface area contributed by atoms with Crippen molar-refractivity contribution in [3.05, 3.63) is 70.8 Å². The van der Waals surface area contributed by atoms with Gasteiger partial charge in [0.15, 0.2) is 5.69 Å². The van der Waals surface area contributed by atoms with Crippen LogP contribution in [0.2, 0.25) is 5.02 Å². The van der Waals surface area contributed by atoms with Gasteiger partial charge in [0.2, 0.25) is 0 Å². The number of benzene rings is 2. The van der Waals surface area contributed by atoms with Gasteiger partial charge in [-0.1, -0.05) is 29.8 Å². The predicted octanol–water partition coefficient (Wildman–Crippen LogP) is 3.60. The molecule has 2 aromatic carbocycles. The second-order valence-corrected chi connectivity index (χ2v) is 6.67. The molecule has 4 aromatic rings. The van der Waals surface area contributed by atoms with E-state index < -0.39 is 0 Å². The van der Waals surface area contributed by atoms with Gasteiger partial charge in [-0.05, 0) is 44.2 Å². The number of carbonyl (C=O) groups excluding carboxylic acids is 1. The monoisotopic (exact) mass is 380 g/mol. The summed E-state index contributed by atoms with van der Waals surface area (Å²) < 4.78 is 0. The van der Waals surface area contributed by atoms with Crippen LogP contribution < -0.4 is 5.32 Å². The number of amides is 1. The molecule has 0 aliphatic carbocycles. The van der Waals surface area contributed by atoms with E-state index >= 15 is 0 Å². The molecule has 0 fully saturated rings. The van der Waals surface area contributed by atoms with Crippen molar-refractivity contribution < 1.29 is 4.79 Å². The Balaban J connectivity index is 1.56. The fourth-order valence-corrected chi connectivity index (χ4v) is 3.00. The van der Waals surface area contributed by atoms with Crippen molar-refractivity contribution in [1.29, 1.82) is 0 Å². The third kappa shape index (κ3) is 3.41. The number of fused-ring (bicyclic) bond motifs is 1. The number of para-hydroxylation sites is 2. The number of H-pyrrole nitrogens is 1. The van der Waals surface area contributed by atoms with Gasteiger partial charge in [-0.25, -0.2) is 4.98 Å². The molecule has 27 heavy (non-hydrogen) atoms. The van der Waals surface area contributed by atoms with Crippen molar-refractivity contribution in [3.8, 4) is 5.69 Å². The molecule has 7 nitrogen and oxygen atoms in total. The normalized spacial score (nSPS) is 12.3. The Morgan fingerprint density at radius 2 is 2.00 bits per heavy atom. The number of hydrogen-bond acceptors (Lipinski definition) is 4. The number of carbonyl (C=O) groups is 1. The fourth-order valence-electron chi connectivity index (χ4n) is 2.82. The summed E-state index contributed by atoms with van der Waals surface area (Å²) in [5.74, 6) is 0.373. The molecular weight excluding hydrogens is 364 g/mol. The number of nitrogens with zero attached hydrogens (tertiary/aromatic N) is 4. The van der Waals surface area contributed by atoms with Gasteiger partial charge in [0.25, 0.3) is 5.91 Å². The molecular formula is C19H17ClN6O. The molecule has 0 radical (unpaired) electrons. The topological polar surface area (TPSA) is 88.5 Å². The van der Waals surface area contributed by atoms with Crippen LogP contribution in [0.5, 0.6) is 0 Å². The van der Waals surface area contributed by atoms with E-state index in [2.05, 4.69) is 25.5 Å². The third-order valence-electron chi connectivity index (χ3n) is 4.20. The highest BCUT2D eigenvalue weighted by atomic mass is 35.5. The van der Waals surface area contributed by atoms with Crippen molar-refractivity contribution >= 4 is 28.5 Å². The summed E-state index contributed by atoms with van der Waals surface area (Å²) >= 11 is 6.02. The van der Waals surface area contributed by atoms with E-state index in [1.807, 2.05) is 37.3 Å². The average Bonchev–Trinajstić information content (AvgIpc) is 3.25. The lowest BCUT2D eigenvalue weighted by atomic mass is 10.2. The van der Waals surface area contributed by atoms with Crippen molar-refractivity contribution in [1.82, 2.24) is 30.3 Å². The molecule has 136 valence electrons. The van der Waals surface area contributed by atoms with Crippen LogP contribution in [-0.2, 0) is 0 Å². The fraction of sp³-hybridized carbons (Fsp3) is 0.158. The molecule has 0 aliphatic rings. The van der Waals surface area contributed by atoms with E-state index in [0.717, 1.165) is 11.0 Å². The lowest BCUT2D eigenvalue weighted by molar-refractivity contribution is 0.0932. The second-order valence-electron chi connectivity index (χ2n) is 6.24. The Morgan fingerprint density at radius 3 is 2.78 bits per heavy atom. The standard InChI is InChI=1S/C19H17ClN6O/c1-11-17(25-26(24-11)14-7-5-6-13(20)10-14)19(27)21-12(2)18-22-15-8-3-4-9-16(15)23-18/h3-10,12H,1-2H3,(H,21,27)(H,22,23). The number of hydrogen-bond donors (Lipinski definition) is 2. The summed E-state index contributed by atoms with van der Waals surface area (Å²) in [6.45, 7) is 3.61. The van der Waals surface area contributed by atoms with Gasteiger partial charge in [-0.2, -0.15) is 9.90 Å². The first-order chi connectivity index (χ1) is 13.0. The Hall–Kier alpha value is -3.19. The number of aromatic amines is 1. The highest BCUT2D eigenvalue weighted by Crippen LogP contribution is 2.17. The third-order valence-corrected chi connectivity index (χ3v) is 4.44. The predicted molar refractivity (Wildman–Crippen MR) is 103 cm³/mol. The minimum Gasteiger partial charge on any atom is -0.341 e. The number of rotatable bonds is 4. The maximum Gasteiger partial charge on any atom is 0.274 e. The summed E-state index contributed by atoms with van der Waals surface area (Å²) in [5.41, 5.74) is 3.27. The van der Waals surface area contributed by atoms with E-state index in [9.17, 15) is 4.79 Å². The SMILES string of the molecule is Cc1nn(-c2cccc(Cl)c2)nc1C(=O)NC(C)c1nc2ccccc2[nH]1. The average molecular weight is 381 g/mol. The van der Waals surface area contributed by atoms with Crippen LogP contribution in [0.3, 0.4) is 0 Å². The minimum absolute atomic E-state index is 0.262. The smallest absolute Gasteiger partial charge is 0.274 e. The highest BCUT2D eigenvalue weighted by Gasteiger charge is 2.20. The minimum atomic E-state index is -0.311. The quantitative estimate of drug-likeness (QED) is 0.566. The van der Waals surface area contributed by atoms with Gasteiger partial charge in [0, 0.05) is 5.02 Å². The van der Waals surface area contributed by atoms with E-state index in [-0.39, 0.29) is 17.6 Å². The van der Waals surface area contributed by atoms with Crippen molar-refractivity contribution in [2.24, 2.45) is 0 Å². The number of aryl methyl sites for hydroxylation is 1. The van der Waals surface area contributed by atoms with E-state index in [0.29, 0.717) is 22.2 Å². The van der Waals surface area contributed by atoms with Crippen LogP contribution in [0, 0.1) is 6.92 Å². The lowest BCUT2D eigenvalue weighted by Gasteiger charge is -2.10. The first-order valence-electron chi connectivity index (χ1n) is 8.46. The van der Waals surface area contributed by atoms with E-state index in [1.54, 1.807) is 25.1 Å². The van der Waals surface area contributed by atoms with Gasteiger partial charge >= 0.3 is 0 Å². The lowest BCUT2D eigenvalue weighted by Crippen LogP contribution is -2.28. The Morgan fingerprint density at radius 1 is 1.19 bits per heavy atom. The first-order valence-corrected chi connectivity index (χ1v) is 8.84. The van der Waals surface area contributed by atoms with Gasteiger partial charge in [-0.15, -0.1) is 5.10 Å². The molecule has 1 atom stereocenters. The second kappa shape index (κ2) is 6.85. The summed E-state index contributed by atoms with van der Waals surface area (Å²) in [7, 11) is 0. The molecule has 2 heterocycles. The number of halogens is 1. The molecule has 0 aliphatic heterocycles. The van der Waals surface area contributed by atoms with Crippen LogP contribution in [0.1, 0.15) is 35.0 Å². The Kier molecular flexibility index (Phi) is 4.37. The molecule has 1 amide bonds. The molecule has 4 rings (SSSR count). The first kappa shape index (κ1) is 17.2. The summed E-state index contributed by atoms with van der Waals surface area (Å²) in [4.78, 5) is 21.8. The molecule has 1 unspecified atom stereocenters. The number of imidazole rings is 1. The largest absolute Gasteiger partial charge is 0.341 e. The Labute approximate surface area is 160 Å².